The zero-order chi connectivity index (χ0) is 19.0. The predicted molar refractivity (Wildman–Crippen MR) is 97.2 cm³/mol. The molecule has 2 N–H and O–H groups in total. The summed E-state index contributed by atoms with van der Waals surface area (Å²) >= 11 is 0. The van der Waals surface area contributed by atoms with Gasteiger partial charge in [0.05, 0.1) is 11.4 Å². The monoisotopic (exact) mass is 359 g/mol. The highest BCUT2D eigenvalue weighted by Gasteiger charge is 2.17. The summed E-state index contributed by atoms with van der Waals surface area (Å²) < 4.78 is 27.8. The van der Waals surface area contributed by atoms with E-state index in [-0.39, 0.29) is 22.7 Å². The van der Waals surface area contributed by atoms with Crippen LogP contribution in [0.3, 0.4) is 0 Å². The van der Waals surface area contributed by atoms with Crippen molar-refractivity contribution in [2.24, 2.45) is 0 Å². The highest BCUT2D eigenvalue weighted by molar-refractivity contribution is 5.88. The first kappa shape index (κ1) is 16.5. The molecule has 0 aliphatic heterocycles. The van der Waals surface area contributed by atoms with Crippen LogP contribution >= 0.6 is 0 Å². The van der Waals surface area contributed by atoms with Crippen LogP contribution in [0.1, 0.15) is 5.69 Å². The van der Waals surface area contributed by atoms with E-state index in [4.69, 9.17) is 5.73 Å². The van der Waals surface area contributed by atoms with Gasteiger partial charge in [0.2, 0.25) is 0 Å². The molecule has 7 heteroatoms. The Kier molecular flexibility index (Phi) is 3.94. The summed E-state index contributed by atoms with van der Waals surface area (Å²) in [5.41, 5.74) is 7.53. The molecule has 2 heterocycles. The Morgan fingerprint density at radius 3 is 2.41 bits per heavy atom. The molecule has 0 aliphatic carbocycles. The van der Waals surface area contributed by atoms with Crippen molar-refractivity contribution in [3.05, 3.63) is 72.1 Å². The Morgan fingerprint density at radius 1 is 0.926 bits per heavy atom. The quantitative estimate of drug-likeness (QED) is 0.582. The second kappa shape index (κ2) is 6.42. The van der Waals surface area contributed by atoms with E-state index < -0.39 is 11.6 Å². The Bertz CT molecular complexity index is 1210. The van der Waals surface area contributed by atoms with Crippen LogP contribution in [0, 0.1) is 23.0 Å². The standard InChI is InChI=1S/C20H11F2N5/c21-14-5-3-11(4-6-14)18-19(26-16(10-23)20(24)27-18)13-8-12-2-1-7-25-17(12)15(22)9-13/h1-9H,(H2,24,27). The summed E-state index contributed by atoms with van der Waals surface area (Å²) in [6, 6.07) is 13.9. The van der Waals surface area contributed by atoms with E-state index in [1.54, 1.807) is 18.2 Å². The summed E-state index contributed by atoms with van der Waals surface area (Å²) in [6.45, 7) is 0. The first-order valence-corrected chi connectivity index (χ1v) is 7.95. The lowest BCUT2D eigenvalue weighted by atomic mass is 10.0. The van der Waals surface area contributed by atoms with Gasteiger partial charge in [-0.1, -0.05) is 6.07 Å². The number of anilines is 1. The number of pyridine rings is 1. The van der Waals surface area contributed by atoms with E-state index in [1.165, 1.54) is 36.5 Å². The van der Waals surface area contributed by atoms with Gasteiger partial charge in [-0.25, -0.2) is 18.7 Å². The maximum absolute atomic E-state index is 14.5. The zero-order valence-corrected chi connectivity index (χ0v) is 13.8. The Hall–Kier alpha value is -3.92. The summed E-state index contributed by atoms with van der Waals surface area (Å²) in [6.07, 6.45) is 1.51. The molecule has 0 bridgehead atoms. The fourth-order valence-corrected chi connectivity index (χ4v) is 2.83. The Morgan fingerprint density at radius 2 is 1.67 bits per heavy atom. The third-order valence-corrected chi connectivity index (χ3v) is 4.08. The average Bonchev–Trinajstić information content (AvgIpc) is 2.68. The molecule has 0 aliphatic rings. The third kappa shape index (κ3) is 2.93. The van der Waals surface area contributed by atoms with Crippen LogP contribution in [-0.4, -0.2) is 15.0 Å². The van der Waals surface area contributed by atoms with Crippen molar-refractivity contribution < 1.29 is 8.78 Å². The third-order valence-electron chi connectivity index (χ3n) is 4.08. The van der Waals surface area contributed by atoms with Gasteiger partial charge in [-0.15, -0.1) is 0 Å². The number of hydrogen-bond acceptors (Lipinski definition) is 5. The number of fused-ring (bicyclic) bond motifs is 1. The summed E-state index contributed by atoms with van der Waals surface area (Å²) in [7, 11) is 0. The minimum absolute atomic E-state index is 0.0523. The molecule has 0 amide bonds. The van der Waals surface area contributed by atoms with Gasteiger partial charge in [0.15, 0.2) is 11.5 Å². The molecule has 4 aromatic rings. The van der Waals surface area contributed by atoms with Crippen LogP contribution in [0.15, 0.2) is 54.7 Å². The summed E-state index contributed by atoms with van der Waals surface area (Å²) in [5, 5.41) is 9.83. The maximum atomic E-state index is 14.5. The van der Waals surface area contributed by atoms with E-state index in [9.17, 15) is 14.0 Å². The lowest BCUT2D eigenvalue weighted by molar-refractivity contribution is 0.628. The highest BCUT2D eigenvalue weighted by atomic mass is 19.1. The van der Waals surface area contributed by atoms with Crippen LogP contribution in [0.25, 0.3) is 33.4 Å². The fourth-order valence-electron chi connectivity index (χ4n) is 2.83. The van der Waals surface area contributed by atoms with Crippen LogP contribution in [-0.2, 0) is 0 Å². The molecule has 0 saturated carbocycles. The molecule has 27 heavy (non-hydrogen) atoms. The Balaban J connectivity index is 2.02. The second-order valence-electron chi connectivity index (χ2n) is 5.81. The molecule has 0 fully saturated rings. The normalized spacial score (nSPS) is 10.7. The van der Waals surface area contributed by atoms with Gasteiger partial charge >= 0.3 is 0 Å². The molecule has 0 atom stereocenters. The predicted octanol–water partition coefficient (Wildman–Crippen LogP) is 4.09. The molecule has 4 rings (SSSR count). The van der Waals surface area contributed by atoms with Crippen molar-refractivity contribution in [1.29, 1.82) is 5.26 Å². The lowest BCUT2D eigenvalue weighted by Crippen LogP contribution is -2.03. The first-order valence-electron chi connectivity index (χ1n) is 7.95. The van der Waals surface area contributed by atoms with Gasteiger partial charge in [-0.05, 0) is 42.5 Å². The van der Waals surface area contributed by atoms with Crippen LogP contribution in [0.4, 0.5) is 14.6 Å². The molecule has 130 valence electrons. The smallest absolute Gasteiger partial charge is 0.183 e. The van der Waals surface area contributed by atoms with E-state index in [1.807, 2.05) is 6.07 Å². The van der Waals surface area contributed by atoms with Gasteiger partial charge in [-0.3, -0.25) is 4.98 Å². The highest BCUT2D eigenvalue weighted by Crippen LogP contribution is 2.33. The van der Waals surface area contributed by atoms with E-state index in [2.05, 4.69) is 15.0 Å². The first-order chi connectivity index (χ1) is 13.1. The van der Waals surface area contributed by atoms with Gasteiger partial charge in [0.25, 0.3) is 0 Å². The number of benzene rings is 2. The van der Waals surface area contributed by atoms with Gasteiger partial charge in [-0.2, -0.15) is 5.26 Å². The SMILES string of the molecule is N#Cc1nc(-c2cc(F)c3ncccc3c2)c(-c2ccc(F)cc2)nc1N. The molecule has 2 aromatic heterocycles. The zero-order valence-electron chi connectivity index (χ0n) is 13.8. The molecule has 5 nitrogen and oxygen atoms in total. The van der Waals surface area contributed by atoms with Crippen molar-refractivity contribution in [1.82, 2.24) is 15.0 Å². The number of halogens is 2. The summed E-state index contributed by atoms with van der Waals surface area (Å²) in [5.74, 6) is -0.980. The molecule has 0 saturated heterocycles. The molecule has 0 spiro atoms. The second-order valence-corrected chi connectivity index (χ2v) is 5.81. The van der Waals surface area contributed by atoms with Crippen molar-refractivity contribution in [3.63, 3.8) is 0 Å². The molecule has 0 radical (unpaired) electrons. The minimum Gasteiger partial charge on any atom is -0.381 e. The minimum atomic E-state index is -0.523. The van der Waals surface area contributed by atoms with Crippen molar-refractivity contribution in [2.75, 3.05) is 5.73 Å². The molecular weight excluding hydrogens is 348 g/mol. The number of nitrogens with two attached hydrogens (primary N) is 1. The number of hydrogen-bond donors (Lipinski definition) is 1. The van der Waals surface area contributed by atoms with Gasteiger partial charge < -0.3 is 5.73 Å². The number of nitriles is 1. The van der Waals surface area contributed by atoms with Crippen LogP contribution < -0.4 is 5.73 Å². The number of nitrogen functional groups attached to an aromatic ring is 1. The van der Waals surface area contributed by atoms with E-state index >= 15 is 0 Å². The number of nitrogens with zero attached hydrogens (tertiary/aromatic N) is 4. The van der Waals surface area contributed by atoms with Crippen molar-refractivity contribution in [2.45, 2.75) is 0 Å². The topological polar surface area (TPSA) is 88.5 Å². The molecular formula is C20H11F2N5. The van der Waals surface area contributed by atoms with Crippen LogP contribution in [0.2, 0.25) is 0 Å². The Labute approximate surface area is 152 Å². The van der Waals surface area contributed by atoms with E-state index in [0.29, 0.717) is 22.2 Å². The maximum Gasteiger partial charge on any atom is 0.183 e. The largest absolute Gasteiger partial charge is 0.381 e. The average molecular weight is 359 g/mol. The van der Waals surface area contributed by atoms with Crippen molar-refractivity contribution >= 4 is 16.7 Å². The number of rotatable bonds is 2. The van der Waals surface area contributed by atoms with Gasteiger partial charge in [0, 0.05) is 22.7 Å². The lowest BCUT2D eigenvalue weighted by Gasteiger charge is -2.11. The molecule has 2 aromatic carbocycles. The van der Waals surface area contributed by atoms with Crippen molar-refractivity contribution in [3.8, 4) is 28.6 Å². The fraction of sp³-hybridized carbons (Fsp3) is 0. The number of aromatic nitrogens is 3. The summed E-state index contributed by atoms with van der Waals surface area (Å²) in [4.78, 5) is 12.6. The van der Waals surface area contributed by atoms with Gasteiger partial charge in [0.1, 0.15) is 23.2 Å². The molecule has 0 unspecified atom stereocenters. The van der Waals surface area contributed by atoms with E-state index in [0.717, 1.165) is 0 Å². The van der Waals surface area contributed by atoms with Crippen LogP contribution in [0.5, 0.6) is 0 Å².